The van der Waals surface area contributed by atoms with E-state index >= 15 is 0 Å². The van der Waals surface area contributed by atoms with Crippen LogP contribution in [0.2, 0.25) is 5.02 Å². The smallest absolute Gasteiger partial charge is 0.238 e. The lowest BCUT2D eigenvalue weighted by atomic mass is 10.1. The third-order valence-electron chi connectivity index (χ3n) is 3.68. The number of carbonyl (C=O) groups is 1. The Hall–Kier alpha value is -0.710. The molecule has 1 aromatic carbocycles. The monoisotopic (exact) mass is 326 g/mol. The van der Waals surface area contributed by atoms with Gasteiger partial charge in [-0.2, -0.15) is 0 Å². The van der Waals surface area contributed by atoms with Crippen LogP contribution in [0.5, 0.6) is 0 Å². The van der Waals surface area contributed by atoms with Crippen LogP contribution in [0.1, 0.15) is 31.4 Å². The van der Waals surface area contributed by atoms with Crippen molar-refractivity contribution in [2.45, 2.75) is 39.8 Å². The molecule has 2 rings (SSSR count). The minimum atomic E-state index is -0.00288. The van der Waals surface area contributed by atoms with Crippen LogP contribution in [0, 0.1) is 12.8 Å². The van der Waals surface area contributed by atoms with Gasteiger partial charge < -0.3 is 5.32 Å². The van der Waals surface area contributed by atoms with E-state index in [1.54, 1.807) is 11.9 Å². The summed E-state index contributed by atoms with van der Waals surface area (Å²) in [7, 11) is 0. The summed E-state index contributed by atoms with van der Waals surface area (Å²) in [5.74, 6) is 1.72. The molecule has 5 heteroatoms. The van der Waals surface area contributed by atoms with Gasteiger partial charge in [0.2, 0.25) is 5.91 Å². The van der Waals surface area contributed by atoms with Gasteiger partial charge in [-0.25, -0.2) is 4.31 Å². The van der Waals surface area contributed by atoms with E-state index < -0.39 is 0 Å². The summed E-state index contributed by atoms with van der Waals surface area (Å²) in [5, 5.41) is 3.81. The fourth-order valence-electron chi connectivity index (χ4n) is 2.46. The molecule has 0 aromatic heterocycles. The van der Waals surface area contributed by atoms with Crippen molar-refractivity contribution in [3.63, 3.8) is 0 Å². The summed E-state index contributed by atoms with van der Waals surface area (Å²) in [5.41, 5.74) is 2.12. The summed E-state index contributed by atoms with van der Waals surface area (Å²) in [6.07, 6.45) is 0.928. The summed E-state index contributed by atoms with van der Waals surface area (Å²) in [6.45, 7) is 7.85. The molecule has 3 nitrogen and oxygen atoms in total. The van der Waals surface area contributed by atoms with E-state index in [-0.39, 0.29) is 11.9 Å². The highest BCUT2D eigenvalue weighted by Gasteiger charge is 2.31. The average Bonchev–Trinajstić information content (AvgIpc) is 2.87. The summed E-state index contributed by atoms with van der Waals surface area (Å²) in [6, 6.07) is 5.81. The first-order valence-electron chi connectivity index (χ1n) is 7.40. The minimum Gasteiger partial charge on any atom is -0.351 e. The Labute approximate surface area is 136 Å². The zero-order chi connectivity index (χ0) is 15.4. The van der Waals surface area contributed by atoms with Crippen LogP contribution >= 0.6 is 23.5 Å². The number of benzene rings is 1. The lowest BCUT2D eigenvalue weighted by Gasteiger charge is -2.24. The van der Waals surface area contributed by atoms with Crippen molar-refractivity contribution in [3.05, 3.63) is 34.3 Å². The third kappa shape index (κ3) is 4.38. The number of carbonyl (C=O) groups excluding carboxylic acids is 1. The van der Waals surface area contributed by atoms with E-state index in [4.69, 9.17) is 11.6 Å². The van der Waals surface area contributed by atoms with E-state index in [1.165, 1.54) is 0 Å². The number of nitrogens with zero attached hydrogens (tertiary/aromatic N) is 1. The van der Waals surface area contributed by atoms with Gasteiger partial charge in [0.25, 0.3) is 0 Å². The SMILES string of the molecule is Cc1c(Cl)cccc1CNC(=O)C1CCSN1CC(C)C. The molecule has 1 atom stereocenters. The van der Waals surface area contributed by atoms with Crippen LogP contribution in [-0.4, -0.2) is 28.6 Å². The molecular formula is C16H23ClN2OS. The van der Waals surface area contributed by atoms with Crippen molar-refractivity contribution in [1.29, 1.82) is 0 Å². The Morgan fingerprint density at radius 1 is 1.52 bits per heavy atom. The molecule has 1 aliphatic rings. The first-order valence-corrected chi connectivity index (χ1v) is 8.72. The lowest BCUT2D eigenvalue weighted by molar-refractivity contribution is -0.124. The van der Waals surface area contributed by atoms with Crippen molar-refractivity contribution >= 4 is 29.5 Å². The maximum absolute atomic E-state index is 12.4. The third-order valence-corrected chi connectivity index (χ3v) is 5.24. The normalized spacial score (nSPS) is 19.2. The van der Waals surface area contributed by atoms with Gasteiger partial charge in [0.15, 0.2) is 0 Å². The Bertz CT molecular complexity index is 507. The van der Waals surface area contributed by atoms with Crippen molar-refractivity contribution in [2.24, 2.45) is 5.92 Å². The number of amides is 1. The van der Waals surface area contributed by atoms with Gasteiger partial charge in [-0.1, -0.05) is 49.5 Å². The van der Waals surface area contributed by atoms with Crippen LogP contribution in [0.3, 0.4) is 0 Å². The highest BCUT2D eigenvalue weighted by atomic mass is 35.5. The molecule has 1 amide bonds. The van der Waals surface area contributed by atoms with Crippen molar-refractivity contribution in [1.82, 2.24) is 9.62 Å². The van der Waals surface area contributed by atoms with Crippen LogP contribution < -0.4 is 5.32 Å². The molecule has 21 heavy (non-hydrogen) atoms. The van der Waals surface area contributed by atoms with Gasteiger partial charge in [0.05, 0.1) is 6.04 Å². The van der Waals surface area contributed by atoms with E-state index in [1.807, 2.05) is 25.1 Å². The number of nitrogens with one attached hydrogen (secondary N) is 1. The molecule has 0 spiro atoms. The molecule has 116 valence electrons. The van der Waals surface area contributed by atoms with Crippen molar-refractivity contribution in [2.75, 3.05) is 12.3 Å². The maximum Gasteiger partial charge on any atom is 0.238 e. The van der Waals surface area contributed by atoms with Crippen LogP contribution in [0.4, 0.5) is 0 Å². The summed E-state index contributed by atoms with van der Waals surface area (Å²) in [4.78, 5) is 12.4. The van der Waals surface area contributed by atoms with Gasteiger partial charge >= 0.3 is 0 Å². The molecule has 1 fully saturated rings. The maximum atomic E-state index is 12.4. The topological polar surface area (TPSA) is 32.3 Å². The molecule has 1 N–H and O–H groups in total. The molecule has 0 saturated carbocycles. The predicted molar refractivity (Wildman–Crippen MR) is 90.4 cm³/mol. The Morgan fingerprint density at radius 3 is 3.00 bits per heavy atom. The molecule has 1 aliphatic heterocycles. The molecule has 1 unspecified atom stereocenters. The van der Waals surface area contributed by atoms with Crippen molar-refractivity contribution < 1.29 is 4.79 Å². The quantitative estimate of drug-likeness (QED) is 0.838. The number of rotatable bonds is 5. The fraction of sp³-hybridized carbons (Fsp3) is 0.562. The van der Waals surface area contributed by atoms with Gasteiger partial charge in [-0.05, 0) is 36.5 Å². The highest BCUT2D eigenvalue weighted by molar-refractivity contribution is 7.97. The van der Waals surface area contributed by atoms with Crippen LogP contribution in [0.15, 0.2) is 18.2 Å². The second-order valence-electron chi connectivity index (χ2n) is 5.87. The molecule has 1 heterocycles. The number of halogens is 1. The van der Waals surface area contributed by atoms with E-state index in [9.17, 15) is 4.79 Å². The zero-order valence-corrected chi connectivity index (χ0v) is 14.4. The molecular weight excluding hydrogens is 304 g/mol. The molecule has 1 saturated heterocycles. The molecule has 1 aromatic rings. The van der Waals surface area contributed by atoms with Crippen LogP contribution in [0.25, 0.3) is 0 Å². The molecule has 0 radical (unpaired) electrons. The zero-order valence-electron chi connectivity index (χ0n) is 12.9. The van der Waals surface area contributed by atoms with Gasteiger partial charge in [-0.15, -0.1) is 0 Å². The predicted octanol–water partition coefficient (Wildman–Crippen LogP) is 3.64. The van der Waals surface area contributed by atoms with Crippen LogP contribution in [-0.2, 0) is 11.3 Å². The lowest BCUT2D eigenvalue weighted by Crippen LogP contribution is -2.42. The molecule has 0 bridgehead atoms. The minimum absolute atomic E-state index is 0.00288. The largest absolute Gasteiger partial charge is 0.351 e. The first-order chi connectivity index (χ1) is 9.99. The Balaban J connectivity index is 1.93. The highest BCUT2D eigenvalue weighted by Crippen LogP contribution is 2.28. The summed E-state index contributed by atoms with van der Waals surface area (Å²) < 4.78 is 2.23. The number of hydrogen-bond acceptors (Lipinski definition) is 3. The second-order valence-corrected chi connectivity index (χ2v) is 7.42. The van der Waals surface area contributed by atoms with Gasteiger partial charge in [-0.3, -0.25) is 4.79 Å². The van der Waals surface area contributed by atoms with E-state index in [0.29, 0.717) is 12.5 Å². The van der Waals surface area contributed by atoms with E-state index in [0.717, 1.165) is 34.9 Å². The number of hydrogen-bond donors (Lipinski definition) is 1. The first kappa shape index (κ1) is 16.7. The van der Waals surface area contributed by atoms with Crippen molar-refractivity contribution in [3.8, 4) is 0 Å². The average molecular weight is 327 g/mol. The standard InChI is InChI=1S/C16H23ClN2OS/c1-11(2)10-19-15(7-8-21-19)16(20)18-9-13-5-4-6-14(17)12(13)3/h4-6,11,15H,7-10H2,1-3H3,(H,18,20). The summed E-state index contributed by atoms with van der Waals surface area (Å²) >= 11 is 7.90. The van der Waals surface area contributed by atoms with Gasteiger partial charge in [0.1, 0.15) is 0 Å². The fourth-order valence-corrected chi connectivity index (χ4v) is 4.00. The van der Waals surface area contributed by atoms with E-state index in [2.05, 4.69) is 23.5 Å². The Kier molecular flexibility index (Phi) is 5.97. The second kappa shape index (κ2) is 7.52. The van der Waals surface area contributed by atoms with Gasteiger partial charge in [0, 0.05) is 23.9 Å². The Morgan fingerprint density at radius 2 is 2.29 bits per heavy atom. The molecule has 0 aliphatic carbocycles.